The van der Waals surface area contributed by atoms with Gasteiger partial charge in [-0.15, -0.1) is 0 Å². The maximum Gasteiger partial charge on any atom is 0.408 e. The summed E-state index contributed by atoms with van der Waals surface area (Å²) in [6.07, 6.45) is 1.39. The van der Waals surface area contributed by atoms with Gasteiger partial charge in [-0.1, -0.05) is 32.4 Å². The number of phenols is 1. The molecule has 4 atom stereocenters. The van der Waals surface area contributed by atoms with E-state index in [4.69, 9.17) is 10.5 Å². The molecule has 0 heterocycles. The van der Waals surface area contributed by atoms with Gasteiger partial charge in [0.15, 0.2) is 0 Å². The highest BCUT2D eigenvalue weighted by Crippen LogP contribution is 2.41. The lowest BCUT2D eigenvalue weighted by molar-refractivity contribution is -0.143. The molecule has 1 aliphatic carbocycles. The number of hydrogen-bond acceptors (Lipinski definition) is 6. The molecule has 1 aliphatic rings. The zero-order valence-corrected chi connectivity index (χ0v) is 21.9. The van der Waals surface area contributed by atoms with Gasteiger partial charge in [0.1, 0.15) is 23.4 Å². The average Bonchev–Trinajstić information content (AvgIpc) is 3.49. The topological polar surface area (TPSA) is 151 Å². The van der Waals surface area contributed by atoms with Gasteiger partial charge < -0.3 is 31.1 Å². The molecular formula is C26H40N4O6. The van der Waals surface area contributed by atoms with E-state index in [1.165, 1.54) is 17.0 Å². The van der Waals surface area contributed by atoms with Crippen molar-refractivity contribution in [1.29, 1.82) is 0 Å². The maximum atomic E-state index is 14.0. The van der Waals surface area contributed by atoms with Crippen molar-refractivity contribution in [2.75, 3.05) is 6.54 Å². The van der Waals surface area contributed by atoms with Crippen LogP contribution in [0.4, 0.5) is 4.79 Å². The first-order valence-electron chi connectivity index (χ1n) is 12.5. The van der Waals surface area contributed by atoms with E-state index in [9.17, 15) is 24.3 Å². The van der Waals surface area contributed by atoms with Crippen molar-refractivity contribution in [3.05, 3.63) is 29.8 Å². The smallest absolute Gasteiger partial charge is 0.408 e. The number of ether oxygens (including phenoxy) is 1. The van der Waals surface area contributed by atoms with Gasteiger partial charge in [-0.25, -0.2) is 4.79 Å². The Morgan fingerprint density at radius 2 is 1.81 bits per heavy atom. The van der Waals surface area contributed by atoms with Crippen LogP contribution in [0.15, 0.2) is 24.3 Å². The molecule has 200 valence electrons. The predicted molar refractivity (Wildman–Crippen MR) is 135 cm³/mol. The second-order valence-electron chi connectivity index (χ2n) is 10.4. The summed E-state index contributed by atoms with van der Waals surface area (Å²) >= 11 is 0. The Hall–Kier alpha value is -3.30. The molecule has 0 bridgehead atoms. The summed E-state index contributed by atoms with van der Waals surface area (Å²) in [5.74, 6) is -1.28. The molecule has 36 heavy (non-hydrogen) atoms. The lowest BCUT2D eigenvalue weighted by atomic mass is 10.0. The number of nitrogens with one attached hydrogen (secondary N) is 2. The Morgan fingerprint density at radius 1 is 1.19 bits per heavy atom. The monoisotopic (exact) mass is 504 g/mol. The van der Waals surface area contributed by atoms with Crippen LogP contribution in [0.5, 0.6) is 5.75 Å². The molecular weight excluding hydrogens is 464 g/mol. The van der Waals surface area contributed by atoms with Crippen molar-refractivity contribution >= 4 is 23.8 Å². The van der Waals surface area contributed by atoms with Gasteiger partial charge in [0.05, 0.1) is 0 Å². The number of amides is 4. The largest absolute Gasteiger partial charge is 0.508 e. The SMILES string of the molecule is CCCCNC(=O)C(c1ccc(O)cc1)N(C(=O)C(CCC(N)=O)NC(=O)OC(C)(C)C)C1CC1C. The normalized spacial score (nSPS) is 18.5. The van der Waals surface area contributed by atoms with Crippen LogP contribution in [-0.2, 0) is 19.1 Å². The van der Waals surface area contributed by atoms with Crippen molar-refractivity contribution in [3.63, 3.8) is 0 Å². The lowest BCUT2D eigenvalue weighted by Gasteiger charge is -2.35. The summed E-state index contributed by atoms with van der Waals surface area (Å²) in [6, 6.07) is 3.79. The van der Waals surface area contributed by atoms with Crippen LogP contribution < -0.4 is 16.4 Å². The van der Waals surface area contributed by atoms with Gasteiger partial charge >= 0.3 is 6.09 Å². The van der Waals surface area contributed by atoms with Gasteiger partial charge in [0.25, 0.3) is 0 Å². The third-order valence-electron chi connectivity index (χ3n) is 5.91. The minimum Gasteiger partial charge on any atom is -0.508 e. The molecule has 4 unspecified atom stereocenters. The third kappa shape index (κ3) is 8.73. The fraction of sp³-hybridized carbons (Fsp3) is 0.615. The van der Waals surface area contributed by atoms with Crippen molar-refractivity contribution in [1.82, 2.24) is 15.5 Å². The van der Waals surface area contributed by atoms with E-state index in [0.717, 1.165) is 12.8 Å². The standard InChI is InChI=1S/C26H40N4O6/c1-6-7-14-28-23(33)22(17-8-10-18(31)11-9-17)30(20-15-16(20)2)24(34)19(12-13-21(27)32)29-25(35)36-26(3,4)5/h8-11,16,19-20,22,31H,6-7,12-15H2,1-5H3,(H2,27,32)(H,28,33)(H,29,35). The Bertz CT molecular complexity index is 927. The third-order valence-corrected chi connectivity index (χ3v) is 5.91. The van der Waals surface area contributed by atoms with E-state index in [1.807, 2.05) is 13.8 Å². The summed E-state index contributed by atoms with van der Waals surface area (Å²) in [4.78, 5) is 53.0. The second kappa shape index (κ2) is 12.6. The molecule has 1 fully saturated rings. The summed E-state index contributed by atoms with van der Waals surface area (Å²) in [6.45, 7) is 9.55. The molecule has 0 aromatic heterocycles. The molecule has 4 amide bonds. The highest BCUT2D eigenvalue weighted by Gasteiger charge is 2.48. The molecule has 2 rings (SSSR count). The second-order valence-corrected chi connectivity index (χ2v) is 10.4. The number of alkyl carbamates (subject to hydrolysis) is 1. The van der Waals surface area contributed by atoms with E-state index in [2.05, 4.69) is 10.6 Å². The zero-order valence-electron chi connectivity index (χ0n) is 21.9. The Balaban J connectivity index is 2.44. The number of primary amides is 1. The van der Waals surface area contributed by atoms with Crippen molar-refractivity contribution in [2.45, 2.75) is 90.4 Å². The van der Waals surface area contributed by atoms with Crippen molar-refractivity contribution < 1.29 is 29.0 Å². The summed E-state index contributed by atoms with van der Waals surface area (Å²) < 4.78 is 5.33. The summed E-state index contributed by atoms with van der Waals surface area (Å²) in [5, 5.41) is 15.3. The number of nitrogens with two attached hydrogens (primary N) is 1. The maximum absolute atomic E-state index is 14.0. The van der Waals surface area contributed by atoms with Crippen LogP contribution in [0, 0.1) is 5.92 Å². The molecule has 5 N–H and O–H groups in total. The molecule has 10 heteroatoms. The van der Waals surface area contributed by atoms with Gasteiger partial charge in [-0.05, 0) is 63.6 Å². The number of carbonyl (C=O) groups is 4. The van der Waals surface area contributed by atoms with Gasteiger partial charge in [-0.3, -0.25) is 14.4 Å². The fourth-order valence-electron chi connectivity index (χ4n) is 3.93. The highest BCUT2D eigenvalue weighted by molar-refractivity contribution is 5.93. The minimum atomic E-state index is -1.12. The number of benzene rings is 1. The number of unbranched alkanes of at least 4 members (excludes halogenated alkanes) is 1. The Kier molecular flexibility index (Phi) is 10.1. The number of aromatic hydroxyl groups is 1. The van der Waals surface area contributed by atoms with E-state index in [1.54, 1.807) is 32.9 Å². The van der Waals surface area contributed by atoms with Crippen LogP contribution in [0.3, 0.4) is 0 Å². The molecule has 1 saturated carbocycles. The van der Waals surface area contributed by atoms with E-state index in [-0.39, 0.29) is 36.5 Å². The van der Waals surface area contributed by atoms with E-state index in [0.29, 0.717) is 18.5 Å². The first kappa shape index (κ1) is 28.9. The number of phenolic OH excluding ortho intramolecular Hbond substituents is 1. The van der Waals surface area contributed by atoms with Gasteiger partial charge in [0.2, 0.25) is 17.7 Å². The molecule has 0 aliphatic heterocycles. The van der Waals surface area contributed by atoms with Crippen LogP contribution in [0.2, 0.25) is 0 Å². The molecule has 0 radical (unpaired) electrons. The average molecular weight is 505 g/mol. The van der Waals surface area contributed by atoms with E-state index < -0.39 is 35.6 Å². The Morgan fingerprint density at radius 3 is 2.31 bits per heavy atom. The Labute approximate surface area is 212 Å². The number of hydrogen-bond donors (Lipinski definition) is 4. The quantitative estimate of drug-likeness (QED) is 0.321. The molecule has 0 spiro atoms. The number of rotatable bonds is 12. The fourth-order valence-corrected chi connectivity index (χ4v) is 3.93. The molecule has 0 saturated heterocycles. The molecule has 1 aromatic carbocycles. The van der Waals surface area contributed by atoms with Gasteiger partial charge in [-0.2, -0.15) is 0 Å². The first-order valence-corrected chi connectivity index (χ1v) is 12.5. The van der Waals surface area contributed by atoms with Crippen LogP contribution in [0.1, 0.15) is 78.3 Å². The van der Waals surface area contributed by atoms with Crippen LogP contribution in [0.25, 0.3) is 0 Å². The minimum absolute atomic E-state index is 0.0347. The molecule has 1 aromatic rings. The zero-order chi connectivity index (χ0) is 27.0. The van der Waals surface area contributed by atoms with Gasteiger partial charge in [0, 0.05) is 19.0 Å². The van der Waals surface area contributed by atoms with Crippen molar-refractivity contribution in [2.24, 2.45) is 11.7 Å². The van der Waals surface area contributed by atoms with Crippen molar-refractivity contribution in [3.8, 4) is 5.75 Å². The lowest BCUT2D eigenvalue weighted by Crippen LogP contribution is -2.54. The van der Waals surface area contributed by atoms with Crippen LogP contribution >= 0.6 is 0 Å². The first-order chi connectivity index (χ1) is 16.8. The number of nitrogens with zero attached hydrogens (tertiary/aromatic N) is 1. The van der Waals surface area contributed by atoms with Crippen LogP contribution in [-0.4, -0.2) is 58.1 Å². The predicted octanol–water partition coefficient (Wildman–Crippen LogP) is 2.75. The van der Waals surface area contributed by atoms with E-state index >= 15 is 0 Å². The summed E-state index contributed by atoms with van der Waals surface area (Å²) in [5.41, 5.74) is 5.07. The summed E-state index contributed by atoms with van der Waals surface area (Å²) in [7, 11) is 0. The molecule has 10 nitrogen and oxygen atoms in total. The number of carbonyl (C=O) groups excluding carboxylic acids is 4. The highest BCUT2D eigenvalue weighted by atomic mass is 16.6.